The second-order valence-electron chi connectivity index (χ2n) is 5.98. The first-order valence-electron chi connectivity index (χ1n) is 8.14. The van der Waals surface area contributed by atoms with E-state index in [-0.39, 0.29) is 18.2 Å². The summed E-state index contributed by atoms with van der Waals surface area (Å²) in [5, 5.41) is 3.66. The van der Waals surface area contributed by atoms with Gasteiger partial charge in [0.15, 0.2) is 0 Å². The molecule has 1 atom stereocenters. The molecule has 2 aromatic carbocycles. The van der Waals surface area contributed by atoms with Gasteiger partial charge in [0, 0.05) is 18.7 Å². The first kappa shape index (κ1) is 17.8. The first-order valence-corrected chi connectivity index (χ1v) is 8.90. The summed E-state index contributed by atoms with van der Waals surface area (Å²) in [5.74, 6) is -0.713. The summed E-state index contributed by atoms with van der Waals surface area (Å²) in [5.41, 5.74) is 2.40. The van der Waals surface area contributed by atoms with Crippen molar-refractivity contribution in [1.82, 2.24) is 0 Å². The van der Waals surface area contributed by atoms with Crippen molar-refractivity contribution in [2.75, 3.05) is 16.8 Å². The Morgan fingerprint density at radius 3 is 2.72 bits per heavy atom. The molecule has 6 heteroatoms. The van der Waals surface area contributed by atoms with Gasteiger partial charge >= 0.3 is 0 Å². The maximum absolute atomic E-state index is 12.6. The molecule has 0 aliphatic carbocycles. The van der Waals surface area contributed by atoms with Crippen molar-refractivity contribution in [2.24, 2.45) is 5.92 Å². The van der Waals surface area contributed by atoms with Crippen molar-refractivity contribution in [3.8, 4) is 0 Å². The average Bonchev–Trinajstić information content (AvgIpc) is 2.99. The molecule has 4 nitrogen and oxygen atoms in total. The molecule has 1 unspecified atom stereocenters. The first-order chi connectivity index (χ1) is 12.0. The molecular formula is C19H18Cl2N2O2. The number of halogens is 2. The molecule has 0 bridgehead atoms. The number of para-hydroxylation sites is 1. The Kier molecular flexibility index (Phi) is 5.30. The molecule has 1 aliphatic rings. The quantitative estimate of drug-likeness (QED) is 0.850. The monoisotopic (exact) mass is 376 g/mol. The molecule has 1 saturated heterocycles. The third kappa shape index (κ3) is 3.65. The van der Waals surface area contributed by atoms with Crippen LogP contribution in [-0.4, -0.2) is 18.4 Å². The van der Waals surface area contributed by atoms with E-state index < -0.39 is 5.92 Å². The van der Waals surface area contributed by atoms with Crippen LogP contribution in [0, 0.1) is 5.92 Å². The Balaban J connectivity index is 1.76. The highest BCUT2D eigenvalue weighted by Crippen LogP contribution is 2.36. The van der Waals surface area contributed by atoms with Crippen molar-refractivity contribution in [3.05, 3.63) is 58.1 Å². The number of hydrogen-bond acceptors (Lipinski definition) is 2. The van der Waals surface area contributed by atoms with Gasteiger partial charge in [-0.15, -0.1) is 0 Å². The van der Waals surface area contributed by atoms with Gasteiger partial charge in [-0.2, -0.15) is 0 Å². The second-order valence-corrected chi connectivity index (χ2v) is 6.76. The number of carbonyl (C=O) groups excluding carboxylic acids is 2. The summed E-state index contributed by atoms with van der Waals surface area (Å²) in [6.45, 7) is 2.33. The number of hydrogen-bond donors (Lipinski definition) is 1. The average molecular weight is 377 g/mol. The number of anilines is 2. The summed E-state index contributed by atoms with van der Waals surface area (Å²) >= 11 is 12.2. The van der Waals surface area contributed by atoms with Crippen LogP contribution in [0.3, 0.4) is 0 Å². The number of benzene rings is 2. The van der Waals surface area contributed by atoms with E-state index >= 15 is 0 Å². The van der Waals surface area contributed by atoms with Gasteiger partial charge in [-0.1, -0.05) is 54.4 Å². The van der Waals surface area contributed by atoms with Crippen LogP contribution in [0.2, 0.25) is 10.0 Å². The highest BCUT2D eigenvalue weighted by Gasteiger charge is 2.36. The third-order valence-electron chi connectivity index (χ3n) is 4.37. The molecule has 1 heterocycles. The lowest BCUT2D eigenvalue weighted by molar-refractivity contribution is -0.122. The fourth-order valence-electron chi connectivity index (χ4n) is 3.00. The molecule has 130 valence electrons. The molecule has 2 amide bonds. The van der Waals surface area contributed by atoms with Crippen molar-refractivity contribution in [2.45, 2.75) is 19.8 Å². The smallest absolute Gasteiger partial charge is 0.229 e. The predicted octanol–water partition coefficient (Wildman–Crippen LogP) is 4.55. The maximum Gasteiger partial charge on any atom is 0.229 e. The number of nitrogens with one attached hydrogen (secondary N) is 1. The SMILES string of the molecule is CCc1ccccc1NC(=O)C1CC(=O)N(c2cccc(Cl)c2Cl)C1. The molecule has 1 N–H and O–H groups in total. The van der Waals surface area contributed by atoms with E-state index in [0.29, 0.717) is 22.3 Å². The van der Waals surface area contributed by atoms with E-state index in [1.54, 1.807) is 18.2 Å². The normalized spacial score (nSPS) is 17.0. The lowest BCUT2D eigenvalue weighted by Crippen LogP contribution is -2.28. The topological polar surface area (TPSA) is 49.4 Å². The molecule has 25 heavy (non-hydrogen) atoms. The van der Waals surface area contributed by atoms with Crippen LogP contribution in [0.25, 0.3) is 0 Å². The fourth-order valence-corrected chi connectivity index (χ4v) is 3.40. The van der Waals surface area contributed by atoms with E-state index in [9.17, 15) is 9.59 Å². The van der Waals surface area contributed by atoms with Crippen LogP contribution < -0.4 is 10.2 Å². The van der Waals surface area contributed by atoms with E-state index in [1.807, 2.05) is 31.2 Å². The molecule has 1 fully saturated rings. The minimum Gasteiger partial charge on any atom is -0.326 e. The number of amides is 2. The minimum atomic E-state index is -0.424. The summed E-state index contributed by atoms with van der Waals surface area (Å²) in [6.07, 6.45) is 0.979. The summed E-state index contributed by atoms with van der Waals surface area (Å²) in [4.78, 5) is 26.5. The Labute approximate surface area is 156 Å². The van der Waals surface area contributed by atoms with Gasteiger partial charge in [-0.05, 0) is 30.2 Å². The van der Waals surface area contributed by atoms with Crippen LogP contribution in [0.4, 0.5) is 11.4 Å². The number of nitrogens with zero attached hydrogens (tertiary/aromatic N) is 1. The van der Waals surface area contributed by atoms with Crippen LogP contribution >= 0.6 is 23.2 Å². The van der Waals surface area contributed by atoms with E-state index in [1.165, 1.54) is 4.90 Å². The minimum absolute atomic E-state index is 0.131. The highest BCUT2D eigenvalue weighted by atomic mass is 35.5. The molecule has 0 aromatic heterocycles. The Morgan fingerprint density at radius 1 is 1.20 bits per heavy atom. The molecule has 0 radical (unpaired) electrons. The van der Waals surface area contributed by atoms with E-state index in [2.05, 4.69) is 5.32 Å². The van der Waals surface area contributed by atoms with Gasteiger partial charge in [0.2, 0.25) is 11.8 Å². The molecule has 3 rings (SSSR count). The second kappa shape index (κ2) is 7.46. The molecule has 0 saturated carbocycles. The summed E-state index contributed by atoms with van der Waals surface area (Å²) in [6, 6.07) is 12.8. The number of aryl methyl sites for hydroxylation is 1. The van der Waals surface area contributed by atoms with Crippen LogP contribution in [0.15, 0.2) is 42.5 Å². The lowest BCUT2D eigenvalue weighted by Gasteiger charge is -2.19. The molecule has 0 spiro atoms. The van der Waals surface area contributed by atoms with Gasteiger partial charge in [0.1, 0.15) is 0 Å². The van der Waals surface area contributed by atoms with Gasteiger partial charge < -0.3 is 10.2 Å². The molecule has 1 aliphatic heterocycles. The Bertz CT molecular complexity index is 823. The third-order valence-corrected chi connectivity index (χ3v) is 5.18. The zero-order chi connectivity index (χ0) is 18.0. The Morgan fingerprint density at radius 2 is 1.96 bits per heavy atom. The predicted molar refractivity (Wildman–Crippen MR) is 101 cm³/mol. The zero-order valence-corrected chi connectivity index (χ0v) is 15.3. The summed E-state index contributed by atoms with van der Waals surface area (Å²) < 4.78 is 0. The number of rotatable bonds is 4. The van der Waals surface area contributed by atoms with Crippen LogP contribution in [-0.2, 0) is 16.0 Å². The zero-order valence-electron chi connectivity index (χ0n) is 13.8. The standard InChI is InChI=1S/C19H18Cl2N2O2/c1-2-12-6-3-4-8-15(12)22-19(25)13-10-17(24)23(11-13)16-9-5-7-14(20)18(16)21/h3-9,13H,2,10-11H2,1H3,(H,22,25). The van der Waals surface area contributed by atoms with Crippen molar-refractivity contribution < 1.29 is 9.59 Å². The van der Waals surface area contributed by atoms with Gasteiger partial charge in [0.05, 0.1) is 21.7 Å². The van der Waals surface area contributed by atoms with E-state index in [0.717, 1.165) is 17.7 Å². The summed E-state index contributed by atoms with van der Waals surface area (Å²) in [7, 11) is 0. The van der Waals surface area contributed by atoms with Crippen molar-refractivity contribution in [3.63, 3.8) is 0 Å². The number of carbonyl (C=O) groups is 2. The van der Waals surface area contributed by atoms with Crippen LogP contribution in [0.1, 0.15) is 18.9 Å². The van der Waals surface area contributed by atoms with Gasteiger partial charge in [-0.25, -0.2) is 0 Å². The van der Waals surface area contributed by atoms with Gasteiger partial charge in [0.25, 0.3) is 0 Å². The fraction of sp³-hybridized carbons (Fsp3) is 0.263. The maximum atomic E-state index is 12.6. The Hall–Kier alpha value is -2.04. The highest BCUT2D eigenvalue weighted by molar-refractivity contribution is 6.44. The van der Waals surface area contributed by atoms with Crippen molar-refractivity contribution >= 4 is 46.4 Å². The van der Waals surface area contributed by atoms with Crippen LogP contribution in [0.5, 0.6) is 0 Å². The molecule has 2 aromatic rings. The molecular weight excluding hydrogens is 359 g/mol. The lowest BCUT2D eigenvalue weighted by atomic mass is 10.1. The van der Waals surface area contributed by atoms with E-state index in [4.69, 9.17) is 23.2 Å². The largest absolute Gasteiger partial charge is 0.326 e. The van der Waals surface area contributed by atoms with Gasteiger partial charge in [-0.3, -0.25) is 9.59 Å². The van der Waals surface area contributed by atoms with Crippen molar-refractivity contribution in [1.29, 1.82) is 0 Å².